The first kappa shape index (κ1) is 15.4. The molecule has 0 bridgehead atoms. The highest BCUT2D eigenvalue weighted by molar-refractivity contribution is 5.49. The summed E-state index contributed by atoms with van der Waals surface area (Å²) >= 11 is 0. The van der Waals surface area contributed by atoms with Gasteiger partial charge in [-0.2, -0.15) is 0 Å². The van der Waals surface area contributed by atoms with Crippen molar-refractivity contribution in [1.82, 2.24) is 9.13 Å². The van der Waals surface area contributed by atoms with E-state index in [2.05, 4.69) is 13.8 Å². The van der Waals surface area contributed by atoms with Gasteiger partial charge in [0.25, 0.3) is 0 Å². The fourth-order valence-electron chi connectivity index (χ4n) is 2.47. The summed E-state index contributed by atoms with van der Waals surface area (Å²) in [5.41, 5.74) is -0.483. The Morgan fingerprint density at radius 2 is 1.78 bits per heavy atom. The van der Waals surface area contributed by atoms with Crippen LogP contribution < -0.4 is 20.6 Å². The molecule has 122 valence electrons. The number of hydrogen-bond acceptors (Lipinski definition) is 4. The van der Waals surface area contributed by atoms with Crippen LogP contribution in [-0.4, -0.2) is 22.3 Å². The topological polar surface area (TPSA) is 62.5 Å². The molecular formula is C17H20N2O4. The Kier molecular flexibility index (Phi) is 4.23. The van der Waals surface area contributed by atoms with Crippen molar-refractivity contribution in [3.8, 4) is 17.2 Å². The average molecular weight is 316 g/mol. The van der Waals surface area contributed by atoms with Crippen LogP contribution in [0.1, 0.15) is 20.3 Å². The third-order valence-corrected chi connectivity index (χ3v) is 3.81. The number of aromatic nitrogens is 2. The number of rotatable bonds is 4. The minimum atomic E-state index is -0.562. The van der Waals surface area contributed by atoms with Gasteiger partial charge in [0.05, 0.1) is 5.69 Å². The van der Waals surface area contributed by atoms with Crippen molar-refractivity contribution in [2.24, 2.45) is 5.92 Å². The Morgan fingerprint density at radius 3 is 2.52 bits per heavy atom. The molecule has 2 aromatic rings. The molecule has 3 rings (SSSR count). The Hall–Kier alpha value is -2.50. The second-order valence-corrected chi connectivity index (χ2v) is 5.98. The van der Waals surface area contributed by atoms with E-state index in [1.54, 1.807) is 30.6 Å². The highest BCUT2D eigenvalue weighted by Crippen LogP contribution is 2.31. The Morgan fingerprint density at radius 1 is 1.04 bits per heavy atom. The fourth-order valence-corrected chi connectivity index (χ4v) is 2.47. The zero-order valence-electron chi connectivity index (χ0n) is 13.3. The van der Waals surface area contributed by atoms with Gasteiger partial charge in [0.15, 0.2) is 11.5 Å². The van der Waals surface area contributed by atoms with Crippen LogP contribution in [0.4, 0.5) is 0 Å². The predicted octanol–water partition coefficient (Wildman–Crippen LogP) is 1.82. The summed E-state index contributed by atoms with van der Waals surface area (Å²) in [5.74, 6) is 1.71. The lowest BCUT2D eigenvalue weighted by Crippen LogP contribution is -2.40. The molecule has 0 saturated carbocycles. The first-order valence-electron chi connectivity index (χ1n) is 7.78. The summed E-state index contributed by atoms with van der Waals surface area (Å²) in [6, 6.07) is 5.21. The Labute approximate surface area is 133 Å². The maximum atomic E-state index is 12.4. The summed E-state index contributed by atoms with van der Waals surface area (Å²) in [5, 5.41) is 0. The standard InChI is InChI=1S/C17H20N2O4/c1-12(2)5-6-18-7-8-19(17(21)16(18)20)13-3-4-14-15(11-13)23-10-9-22-14/h3-4,7-8,11-12H,5-6,9-10H2,1-2H3. The number of hydrogen-bond donors (Lipinski definition) is 0. The van der Waals surface area contributed by atoms with Crippen LogP contribution in [0.5, 0.6) is 11.5 Å². The zero-order chi connectivity index (χ0) is 16.4. The minimum Gasteiger partial charge on any atom is -0.486 e. The first-order valence-corrected chi connectivity index (χ1v) is 7.78. The number of nitrogens with zero attached hydrogens (tertiary/aromatic N) is 2. The Bertz CT molecular complexity index is 820. The molecule has 1 aromatic carbocycles. The quantitative estimate of drug-likeness (QED) is 0.807. The van der Waals surface area contributed by atoms with Crippen LogP contribution in [0.15, 0.2) is 40.2 Å². The van der Waals surface area contributed by atoms with Crippen LogP contribution in [-0.2, 0) is 6.54 Å². The third-order valence-electron chi connectivity index (χ3n) is 3.81. The van der Waals surface area contributed by atoms with Gasteiger partial charge in [0.2, 0.25) is 0 Å². The van der Waals surface area contributed by atoms with Crippen molar-refractivity contribution in [2.45, 2.75) is 26.8 Å². The molecule has 0 unspecified atom stereocenters. The molecule has 1 aliphatic heterocycles. The molecule has 0 amide bonds. The number of benzene rings is 1. The van der Waals surface area contributed by atoms with Crippen molar-refractivity contribution in [3.05, 3.63) is 51.3 Å². The molecule has 0 saturated heterocycles. The van der Waals surface area contributed by atoms with Crippen molar-refractivity contribution < 1.29 is 9.47 Å². The van der Waals surface area contributed by atoms with Crippen LogP contribution in [0.3, 0.4) is 0 Å². The lowest BCUT2D eigenvalue weighted by atomic mass is 10.1. The van der Waals surface area contributed by atoms with Crippen molar-refractivity contribution in [1.29, 1.82) is 0 Å². The van der Waals surface area contributed by atoms with Gasteiger partial charge in [0.1, 0.15) is 13.2 Å². The zero-order valence-corrected chi connectivity index (χ0v) is 13.3. The first-order chi connectivity index (χ1) is 11.1. The van der Waals surface area contributed by atoms with Crippen LogP contribution >= 0.6 is 0 Å². The predicted molar refractivity (Wildman–Crippen MR) is 86.7 cm³/mol. The van der Waals surface area contributed by atoms with E-state index in [0.717, 1.165) is 6.42 Å². The molecule has 1 aromatic heterocycles. The largest absolute Gasteiger partial charge is 0.486 e. The van der Waals surface area contributed by atoms with Crippen molar-refractivity contribution in [3.63, 3.8) is 0 Å². The maximum absolute atomic E-state index is 12.4. The number of aryl methyl sites for hydroxylation is 1. The molecular weight excluding hydrogens is 296 g/mol. The van der Waals surface area contributed by atoms with E-state index in [1.807, 2.05) is 0 Å². The molecule has 0 aliphatic carbocycles. The lowest BCUT2D eigenvalue weighted by Gasteiger charge is -2.19. The highest BCUT2D eigenvalue weighted by Gasteiger charge is 2.14. The van der Waals surface area contributed by atoms with Gasteiger partial charge >= 0.3 is 11.1 Å². The molecule has 0 spiro atoms. The van der Waals surface area contributed by atoms with E-state index in [4.69, 9.17) is 9.47 Å². The summed E-state index contributed by atoms with van der Waals surface area (Å²) < 4.78 is 13.8. The van der Waals surface area contributed by atoms with E-state index in [-0.39, 0.29) is 0 Å². The van der Waals surface area contributed by atoms with Gasteiger partial charge in [-0.05, 0) is 24.5 Å². The average Bonchev–Trinajstić information content (AvgIpc) is 2.55. The summed E-state index contributed by atoms with van der Waals surface area (Å²) in [6.07, 6.45) is 4.13. The van der Waals surface area contributed by atoms with Crippen LogP contribution in [0.25, 0.3) is 5.69 Å². The van der Waals surface area contributed by atoms with E-state index < -0.39 is 11.1 Å². The van der Waals surface area contributed by atoms with Gasteiger partial charge in [-0.1, -0.05) is 13.8 Å². The summed E-state index contributed by atoms with van der Waals surface area (Å²) in [7, 11) is 0. The third kappa shape index (κ3) is 3.16. The normalized spacial score (nSPS) is 13.3. The number of fused-ring (bicyclic) bond motifs is 1. The van der Waals surface area contributed by atoms with Crippen molar-refractivity contribution in [2.75, 3.05) is 13.2 Å². The van der Waals surface area contributed by atoms with Gasteiger partial charge in [0, 0.05) is 25.0 Å². The Balaban J connectivity index is 1.96. The monoisotopic (exact) mass is 316 g/mol. The van der Waals surface area contributed by atoms with Crippen molar-refractivity contribution >= 4 is 0 Å². The molecule has 2 heterocycles. The second-order valence-electron chi connectivity index (χ2n) is 5.98. The highest BCUT2D eigenvalue weighted by atomic mass is 16.6. The summed E-state index contributed by atoms with van der Waals surface area (Å²) in [6.45, 7) is 5.71. The number of ether oxygens (including phenoxy) is 2. The molecule has 23 heavy (non-hydrogen) atoms. The van der Waals surface area contributed by atoms with E-state index in [0.29, 0.717) is 42.9 Å². The fraction of sp³-hybridized carbons (Fsp3) is 0.412. The van der Waals surface area contributed by atoms with E-state index >= 15 is 0 Å². The van der Waals surface area contributed by atoms with Gasteiger partial charge in [-0.15, -0.1) is 0 Å². The van der Waals surface area contributed by atoms with Crippen LogP contribution in [0, 0.1) is 5.92 Å². The summed E-state index contributed by atoms with van der Waals surface area (Å²) in [4.78, 5) is 24.6. The second kappa shape index (κ2) is 6.32. The van der Waals surface area contributed by atoms with E-state index in [1.165, 1.54) is 9.13 Å². The molecule has 0 N–H and O–H groups in total. The lowest BCUT2D eigenvalue weighted by molar-refractivity contribution is 0.171. The van der Waals surface area contributed by atoms with Gasteiger partial charge in [-0.25, -0.2) is 0 Å². The molecule has 0 fully saturated rings. The van der Waals surface area contributed by atoms with Gasteiger partial charge in [-0.3, -0.25) is 14.2 Å². The van der Waals surface area contributed by atoms with Crippen LogP contribution in [0.2, 0.25) is 0 Å². The SMILES string of the molecule is CC(C)CCn1ccn(-c2ccc3c(c2)OCCO3)c(=O)c1=O. The molecule has 0 atom stereocenters. The molecule has 1 aliphatic rings. The minimum absolute atomic E-state index is 0.474. The van der Waals surface area contributed by atoms with E-state index in [9.17, 15) is 9.59 Å². The maximum Gasteiger partial charge on any atom is 0.320 e. The molecule has 6 heteroatoms. The smallest absolute Gasteiger partial charge is 0.320 e. The molecule has 6 nitrogen and oxygen atoms in total. The molecule has 0 radical (unpaired) electrons. The van der Waals surface area contributed by atoms with Gasteiger partial charge < -0.3 is 14.0 Å².